The number of ether oxygens (including phenoxy) is 1. The van der Waals surface area contributed by atoms with Crippen molar-refractivity contribution in [2.24, 2.45) is 5.41 Å². The molecule has 0 aliphatic rings. The topological polar surface area (TPSA) is 131 Å². The van der Waals surface area contributed by atoms with E-state index in [9.17, 15) is 27.6 Å². The Balaban J connectivity index is 1.68. The maximum Gasteiger partial charge on any atom is 0.416 e. The van der Waals surface area contributed by atoms with Crippen LogP contribution in [0.4, 0.5) is 23.8 Å². The molecule has 1 aromatic carbocycles. The second-order valence-electron chi connectivity index (χ2n) is 10.4. The van der Waals surface area contributed by atoms with Crippen LogP contribution in [0.2, 0.25) is 0 Å². The van der Waals surface area contributed by atoms with Gasteiger partial charge < -0.3 is 15.4 Å². The number of hydrogen-bond acceptors (Lipinski definition) is 6. The van der Waals surface area contributed by atoms with Crippen molar-refractivity contribution in [1.29, 1.82) is 0 Å². The van der Waals surface area contributed by atoms with Crippen molar-refractivity contribution in [1.82, 2.24) is 25.3 Å². The average molecular weight is 563 g/mol. The van der Waals surface area contributed by atoms with Gasteiger partial charge in [0.1, 0.15) is 18.0 Å². The Hall–Kier alpha value is -4.16. The molecule has 3 N–H and O–H groups in total. The number of alkyl carbamates (subject to hydrolysis) is 1. The molecule has 3 rings (SSSR count). The molecule has 2 amide bonds. The van der Waals surface area contributed by atoms with Gasteiger partial charge in [-0.1, -0.05) is 52.7 Å². The molecule has 0 aliphatic heterocycles. The lowest BCUT2D eigenvalue weighted by atomic mass is 9.89. The predicted molar refractivity (Wildman–Crippen MR) is 141 cm³/mol. The molecule has 2 aromatic heterocycles. The smallest absolute Gasteiger partial charge is 0.416 e. The molecule has 0 spiro atoms. The van der Waals surface area contributed by atoms with Gasteiger partial charge in [0.05, 0.1) is 24.0 Å². The Bertz CT molecular complexity index is 1280. The fraction of sp³-hybridized carbons (Fsp3) is 0.444. The number of aromatic nitrogens is 4. The van der Waals surface area contributed by atoms with Gasteiger partial charge in [-0.05, 0) is 24.6 Å². The predicted octanol–water partition coefficient (Wildman–Crippen LogP) is 5.20. The van der Waals surface area contributed by atoms with Gasteiger partial charge in [-0.25, -0.2) is 4.79 Å². The summed E-state index contributed by atoms with van der Waals surface area (Å²) < 4.78 is 45.9. The Labute approximate surface area is 229 Å². The number of ketones is 1. The number of unbranched alkanes of at least 4 members (excludes halogenated alkanes) is 1. The molecular weight excluding hydrogens is 529 g/mol. The second-order valence-corrected chi connectivity index (χ2v) is 10.4. The van der Waals surface area contributed by atoms with E-state index < -0.39 is 47.1 Å². The summed E-state index contributed by atoms with van der Waals surface area (Å²) in [6.45, 7) is 7.66. The number of nitrogens with one attached hydrogen (secondary N) is 3. The zero-order valence-electron chi connectivity index (χ0n) is 22.7. The van der Waals surface area contributed by atoms with Crippen LogP contribution in [0.1, 0.15) is 52.5 Å². The van der Waals surface area contributed by atoms with Crippen molar-refractivity contribution in [3.8, 4) is 11.3 Å². The average Bonchev–Trinajstić information content (AvgIpc) is 3.57. The molecule has 0 aliphatic carbocycles. The van der Waals surface area contributed by atoms with E-state index in [1.807, 2.05) is 27.7 Å². The number of amides is 2. The number of Topliss-reactive ketones (excluding diaryl/α,β-unsaturated/α-hetero) is 1. The van der Waals surface area contributed by atoms with E-state index in [4.69, 9.17) is 4.74 Å². The van der Waals surface area contributed by atoms with Crippen molar-refractivity contribution in [3.63, 3.8) is 0 Å². The quantitative estimate of drug-likeness (QED) is 0.276. The molecule has 0 saturated heterocycles. The minimum absolute atomic E-state index is 0.144. The summed E-state index contributed by atoms with van der Waals surface area (Å²) in [6.07, 6.45) is -1.35. The van der Waals surface area contributed by atoms with Crippen LogP contribution in [-0.2, 0) is 27.0 Å². The van der Waals surface area contributed by atoms with Crippen molar-refractivity contribution in [2.75, 3.05) is 5.32 Å². The molecule has 3 aromatic rings. The number of carbonyl (C=O) groups is 3. The SMILES string of the molecule is CCCC[C@H](NC(=O)OC(Cn1ccc(-c2ccc(C(F)(F)F)cc2)n1)C(C)(C)C)C(=O)C(=O)Nc1ccn[nH]1. The maximum absolute atomic E-state index is 12.9. The molecule has 216 valence electrons. The first-order chi connectivity index (χ1) is 18.8. The molecule has 0 radical (unpaired) electrons. The lowest BCUT2D eigenvalue weighted by Crippen LogP contribution is -2.48. The summed E-state index contributed by atoms with van der Waals surface area (Å²) in [5, 5.41) is 15.6. The molecule has 40 heavy (non-hydrogen) atoms. The summed E-state index contributed by atoms with van der Waals surface area (Å²) in [5.41, 5.74) is -0.334. The molecule has 0 saturated carbocycles. The normalized spacial score (nSPS) is 13.4. The highest BCUT2D eigenvalue weighted by Gasteiger charge is 2.33. The van der Waals surface area contributed by atoms with Crippen molar-refractivity contribution in [2.45, 2.75) is 71.8 Å². The molecule has 0 bridgehead atoms. The Morgan fingerprint density at radius 2 is 1.77 bits per heavy atom. The number of halogens is 3. The lowest BCUT2D eigenvalue weighted by Gasteiger charge is -2.30. The fourth-order valence-corrected chi connectivity index (χ4v) is 3.76. The zero-order valence-corrected chi connectivity index (χ0v) is 22.7. The monoisotopic (exact) mass is 562 g/mol. The van der Waals surface area contributed by atoms with Gasteiger partial charge in [0.15, 0.2) is 0 Å². The zero-order chi connectivity index (χ0) is 29.5. The summed E-state index contributed by atoms with van der Waals surface area (Å²) in [5.74, 6) is -1.47. The number of carbonyl (C=O) groups excluding carboxylic acids is 3. The number of anilines is 1. The number of alkyl halides is 3. The molecule has 0 fully saturated rings. The standard InChI is InChI=1S/C27H33F3N6O4/c1-5-6-7-20(23(37)24(38)33-22-12-14-31-34-22)32-25(39)40-21(26(2,3)4)16-36-15-13-19(35-36)17-8-10-18(11-9-17)27(28,29)30/h8-15,20-21H,5-7,16H2,1-4H3,(H,32,39)(H2,31,33,34,38)/t20-,21?/m0/s1. The largest absolute Gasteiger partial charge is 0.444 e. The van der Waals surface area contributed by atoms with Crippen LogP contribution in [0.3, 0.4) is 0 Å². The third-order valence-electron chi connectivity index (χ3n) is 6.14. The number of rotatable bonds is 11. The summed E-state index contributed by atoms with van der Waals surface area (Å²) in [4.78, 5) is 38.1. The number of benzene rings is 1. The number of nitrogens with zero attached hydrogens (tertiary/aromatic N) is 3. The molecule has 2 atom stereocenters. The summed E-state index contributed by atoms with van der Waals surface area (Å²) >= 11 is 0. The van der Waals surface area contributed by atoms with Crippen LogP contribution in [0.25, 0.3) is 11.3 Å². The van der Waals surface area contributed by atoms with E-state index in [1.165, 1.54) is 29.1 Å². The van der Waals surface area contributed by atoms with Crippen molar-refractivity contribution in [3.05, 3.63) is 54.4 Å². The van der Waals surface area contributed by atoms with E-state index >= 15 is 0 Å². The van der Waals surface area contributed by atoms with Crippen LogP contribution in [0.5, 0.6) is 0 Å². The highest BCUT2D eigenvalue weighted by molar-refractivity contribution is 6.42. The van der Waals surface area contributed by atoms with E-state index in [0.717, 1.165) is 18.6 Å². The first-order valence-corrected chi connectivity index (χ1v) is 12.8. The lowest BCUT2D eigenvalue weighted by molar-refractivity contribution is -0.137. The first-order valence-electron chi connectivity index (χ1n) is 12.8. The minimum atomic E-state index is -4.43. The van der Waals surface area contributed by atoms with Gasteiger partial charge in [-0.3, -0.25) is 19.4 Å². The summed E-state index contributed by atoms with van der Waals surface area (Å²) in [7, 11) is 0. The van der Waals surface area contributed by atoms with Gasteiger partial charge in [-0.2, -0.15) is 23.4 Å². The number of aromatic amines is 1. The summed E-state index contributed by atoms with van der Waals surface area (Å²) in [6, 6.07) is 6.72. The van der Waals surface area contributed by atoms with E-state index in [2.05, 4.69) is 25.9 Å². The minimum Gasteiger partial charge on any atom is -0.444 e. The third kappa shape index (κ3) is 8.42. The van der Waals surface area contributed by atoms with Gasteiger partial charge in [0.25, 0.3) is 5.91 Å². The Morgan fingerprint density at radius 3 is 2.35 bits per heavy atom. The maximum atomic E-state index is 12.9. The van der Waals surface area contributed by atoms with Gasteiger partial charge in [0.2, 0.25) is 5.78 Å². The van der Waals surface area contributed by atoms with Crippen molar-refractivity contribution >= 4 is 23.6 Å². The number of H-pyrrole nitrogens is 1. The first kappa shape index (κ1) is 30.4. The van der Waals surface area contributed by atoms with Gasteiger partial charge in [-0.15, -0.1) is 0 Å². The number of hydrogen-bond donors (Lipinski definition) is 3. The van der Waals surface area contributed by atoms with Crippen LogP contribution in [-0.4, -0.2) is 49.9 Å². The van der Waals surface area contributed by atoms with Crippen molar-refractivity contribution < 1.29 is 32.3 Å². The molecule has 1 unspecified atom stereocenters. The molecular formula is C27H33F3N6O4. The molecule has 13 heteroatoms. The van der Waals surface area contributed by atoms with Crippen LogP contribution in [0.15, 0.2) is 48.8 Å². The fourth-order valence-electron chi connectivity index (χ4n) is 3.76. The third-order valence-corrected chi connectivity index (χ3v) is 6.14. The highest BCUT2D eigenvalue weighted by Crippen LogP contribution is 2.31. The van der Waals surface area contributed by atoms with E-state index in [0.29, 0.717) is 17.7 Å². The highest BCUT2D eigenvalue weighted by atomic mass is 19.4. The second kappa shape index (κ2) is 12.8. The van der Waals surface area contributed by atoms with Gasteiger partial charge >= 0.3 is 12.3 Å². The Morgan fingerprint density at radius 1 is 1.07 bits per heavy atom. The molecule has 2 heterocycles. The van der Waals surface area contributed by atoms with Gasteiger partial charge in [0, 0.05) is 23.2 Å². The van der Waals surface area contributed by atoms with Crippen LogP contribution < -0.4 is 10.6 Å². The Kier molecular flexibility index (Phi) is 9.72. The van der Waals surface area contributed by atoms with E-state index in [1.54, 1.807) is 12.3 Å². The van der Waals surface area contributed by atoms with Crippen LogP contribution in [0, 0.1) is 5.41 Å². The molecule has 10 nitrogen and oxygen atoms in total. The van der Waals surface area contributed by atoms with E-state index in [-0.39, 0.29) is 18.8 Å². The van der Waals surface area contributed by atoms with Crippen LogP contribution >= 0.6 is 0 Å².